The number of anilines is 1. The lowest BCUT2D eigenvalue weighted by atomic mass is 10.4. The summed E-state index contributed by atoms with van der Waals surface area (Å²) in [7, 11) is 3.94. The summed E-state index contributed by atoms with van der Waals surface area (Å²) in [5.41, 5.74) is 0.626. The molecule has 0 spiro atoms. The molecule has 6 nitrogen and oxygen atoms in total. The highest BCUT2D eigenvalue weighted by Crippen LogP contribution is 2.15. The molecule has 21 heavy (non-hydrogen) atoms. The molecule has 0 aliphatic heterocycles. The standard InChI is InChI=1S/C14H25BrN4O2/c1-4-9-21-10-5-6-16-12-11-17-19(8-7-18(2)3)14(20)13(12)15/h11,16H,4-10H2,1-3H3. The largest absolute Gasteiger partial charge is 0.383 e. The number of nitrogens with zero attached hydrogens (tertiary/aromatic N) is 3. The van der Waals surface area contributed by atoms with Crippen LogP contribution in [0, 0.1) is 0 Å². The van der Waals surface area contributed by atoms with Crippen LogP contribution in [0.3, 0.4) is 0 Å². The molecule has 1 rings (SSSR count). The molecule has 0 aliphatic carbocycles. The van der Waals surface area contributed by atoms with Gasteiger partial charge in [-0.25, -0.2) is 4.68 Å². The van der Waals surface area contributed by atoms with E-state index in [9.17, 15) is 4.79 Å². The number of rotatable bonds is 10. The molecule has 0 fully saturated rings. The van der Waals surface area contributed by atoms with Crippen LogP contribution >= 0.6 is 15.9 Å². The van der Waals surface area contributed by atoms with Crippen LogP contribution in [0.5, 0.6) is 0 Å². The molecule has 0 atom stereocenters. The third kappa shape index (κ3) is 6.58. The predicted molar refractivity (Wildman–Crippen MR) is 89.0 cm³/mol. The number of hydrogen-bond donors (Lipinski definition) is 1. The quantitative estimate of drug-likeness (QED) is 0.644. The maximum atomic E-state index is 12.1. The van der Waals surface area contributed by atoms with Crippen LogP contribution in [-0.2, 0) is 11.3 Å². The van der Waals surface area contributed by atoms with Gasteiger partial charge in [0, 0.05) is 26.3 Å². The Labute approximate surface area is 134 Å². The van der Waals surface area contributed by atoms with E-state index in [0.29, 0.717) is 11.0 Å². The Morgan fingerprint density at radius 3 is 2.86 bits per heavy atom. The van der Waals surface area contributed by atoms with E-state index in [1.165, 1.54) is 4.68 Å². The van der Waals surface area contributed by atoms with Gasteiger partial charge in [0.25, 0.3) is 5.56 Å². The van der Waals surface area contributed by atoms with Gasteiger partial charge in [-0.3, -0.25) is 4.79 Å². The first-order chi connectivity index (χ1) is 10.1. The molecule has 1 aromatic heterocycles. The van der Waals surface area contributed by atoms with Crippen molar-refractivity contribution in [3.05, 3.63) is 21.0 Å². The van der Waals surface area contributed by atoms with Crippen molar-refractivity contribution in [2.75, 3.05) is 45.7 Å². The second-order valence-electron chi connectivity index (χ2n) is 5.10. The van der Waals surface area contributed by atoms with Crippen LogP contribution in [0.25, 0.3) is 0 Å². The molecule has 1 heterocycles. The first kappa shape index (κ1) is 18.1. The van der Waals surface area contributed by atoms with Gasteiger partial charge in [-0.2, -0.15) is 5.10 Å². The second kappa shape index (κ2) is 9.92. The molecule has 0 aromatic carbocycles. The highest BCUT2D eigenvalue weighted by atomic mass is 79.9. The van der Waals surface area contributed by atoms with E-state index in [-0.39, 0.29) is 5.56 Å². The van der Waals surface area contributed by atoms with E-state index in [1.807, 2.05) is 19.0 Å². The molecule has 7 heteroatoms. The molecular weight excluding hydrogens is 336 g/mol. The summed E-state index contributed by atoms with van der Waals surface area (Å²) in [4.78, 5) is 14.2. The summed E-state index contributed by atoms with van der Waals surface area (Å²) in [6.07, 6.45) is 3.62. The number of ether oxygens (including phenoxy) is 1. The van der Waals surface area contributed by atoms with Crippen LogP contribution < -0.4 is 10.9 Å². The molecule has 1 aromatic rings. The SMILES string of the molecule is CCCOCCCNc1cnn(CCN(C)C)c(=O)c1Br. The van der Waals surface area contributed by atoms with E-state index in [4.69, 9.17) is 4.74 Å². The Hall–Kier alpha value is -0.920. The normalized spacial score (nSPS) is 11.1. The first-order valence-electron chi connectivity index (χ1n) is 7.28. The molecule has 0 amide bonds. The lowest BCUT2D eigenvalue weighted by molar-refractivity contribution is 0.134. The van der Waals surface area contributed by atoms with E-state index in [1.54, 1.807) is 6.20 Å². The van der Waals surface area contributed by atoms with E-state index in [2.05, 4.69) is 33.3 Å². The number of halogens is 1. The van der Waals surface area contributed by atoms with Crippen LogP contribution in [0.4, 0.5) is 5.69 Å². The fourth-order valence-corrected chi connectivity index (χ4v) is 2.13. The van der Waals surface area contributed by atoms with Crippen molar-refractivity contribution in [1.29, 1.82) is 0 Å². The molecule has 0 bridgehead atoms. The lowest BCUT2D eigenvalue weighted by Crippen LogP contribution is -2.29. The van der Waals surface area contributed by atoms with Gasteiger partial charge < -0.3 is 15.0 Å². The van der Waals surface area contributed by atoms with Gasteiger partial charge in [-0.1, -0.05) is 6.92 Å². The number of nitrogens with one attached hydrogen (secondary N) is 1. The number of aromatic nitrogens is 2. The minimum Gasteiger partial charge on any atom is -0.383 e. The van der Waals surface area contributed by atoms with Crippen LogP contribution in [0.2, 0.25) is 0 Å². The first-order valence-corrected chi connectivity index (χ1v) is 8.07. The fraction of sp³-hybridized carbons (Fsp3) is 0.714. The zero-order valence-corrected chi connectivity index (χ0v) is 14.6. The van der Waals surface area contributed by atoms with Gasteiger partial charge in [0.2, 0.25) is 0 Å². The average Bonchev–Trinajstić information content (AvgIpc) is 2.45. The van der Waals surface area contributed by atoms with Crippen molar-refractivity contribution in [2.45, 2.75) is 26.3 Å². The molecule has 0 saturated carbocycles. The molecule has 0 aliphatic rings. The second-order valence-corrected chi connectivity index (χ2v) is 5.89. The Morgan fingerprint density at radius 1 is 1.43 bits per heavy atom. The van der Waals surface area contributed by atoms with Crippen LogP contribution in [0.15, 0.2) is 15.5 Å². The predicted octanol–water partition coefficient (Wildman–Crippen LogP) is 1.80. The van der Waals surface area contributed by atoms with Gasteiger partial charge >= 0.3 is 0 Å². The van der Waals surface area contributed by atoms with Crippen LogP contribution in [-0.4, -0.2) is 55.1 Å². The van der Waals surface area contributed by atoms with Crippen molar-refractivity contribution in [2.24, 2.45) is 0 Å². The zero-order valence-electron chi connectivity index (χ0n) is 13.1. The number of hydrogen-bond acceptors (Lipinski definition) is 5. The maximum Gasteiger partial charge on any atom is 0.283 e. The van der Waals surface area contributed by atoms with E-state index >= 15 is 0 Å². The Balaban J connectivity index is 2.49. The minimum absolute atomic E-state index is 0.107. The molecule has 0 saturated heterocycles. The van der Waals surface area contributed by atoms with Gasteiger partial charge in [0.1, 0.15) is 4.47 Å². The zero-order chi connectivity index (χ0) is 15.7. The summed E-state index contributed by atoms with van der Waals surface area (Å²) >= 11 is 3.35. The highest BCUT2D eigenvalue weighted by molar-refractivity contribution is 9.10. The minimum atomic E-state index is -0.107. The molecular formula is C14H25BrN4O2. The molecule has 0 unspecified atom stereocenters. The molecule has 0 radical (unpaired) electrons. The van der Waals surface area contributed by atoms with Crippen molar-refractivity contribution >= 4 is 21.6 Å². The Morgan fingerprint density at radius 2 is 2.19 bits per heavy atom. The topological polar surface area (TPSA) is 59.4 Å². The third-order valence-electron chi connectivity index (χ3n) is 2.87. The summed E-state index contributed by atoms with van der Waals surface area (Å²) in [5.74, 6) is 0. The Kier molecular flexibility index (Phi) is 8.56. The number of likely N-dealkylation sites (N-methyl/N-ethyl adjacent to an activating group) is 1. The van der Waals surface area contributed by atoms with Crippen molar-refractivity contribution < 1.29 is 4.74 Å². The van der Waals surface area contributed by atoms with Gasteiger partial charge in [0.15, 0.2) is 0 Å². The molecule has 1 N–H and O–H groups in total. The maximum absolute atomic E-state index is 12.1. The molecule has 120 valence electrons. The monoisotopic (exact) mass is 360 g/mol. The lowest BCUT2D eigenvalue weighted by Gasteiger charge is -2.12. The summed E-state index contributed by atoms with van der Waals surface area (Å²) in [6, 6.07) is 0. The van der Waals surface area contributed by atoms with Gasteiger partial charge in [-0.05, 0) is 42.9 Å². The third-order valence-corrected chi connectivity index (χ3v) is 3.64. The highest BCUT2D eigenvalue weighted by Gasteiger charge is 2.08. The average molecular weight is 361 g/mol. The van der Waals surface area contributed by atoms with Gasteiger partial charge in [0.05, 0.1) is 18.4 Å². The Bertz CT molecular complexity index is 477. The van der Waals surface area contributed by atoms with Crippen LogP contribution in [0.1, 0.15) is 19.8 Å². The fourth-order valence-electron chi connectivity index (χ4n) is 1.69. The van der Waals surface area contributed by atoms with E-state index in [0.717, 1.165) is 44.8 Å². The van der Waals surface area contributed by atoms with Gasteiger partial charge in [-0.15, -0.1) is 0 Å². The van der Waals surface area contributed by atoms with E-state index < -0.39 is 0 Å². The van der Waals surface area contributed by atoms with Crippen molar-refractivity contribution in [3.63, 3.8) is 0 Å². The summed E-state index contributed by atoms with van der Waals surface area (Å²) in [5, 5.41) is 7.40. The van der Waals surface area contributed by atoms with Crippen molar-refractivity contribution in [3.8, 4) is 0 Å². The van der Waals surface area contributed by atoms with Crippen molar-refractivity contribution in [1.82, 2.24) is 14.7 Å². The summed E-state index contributed by atoms with van der Waals surface area (Å²) < 4.78 is 7.42. The summed E-state index contributed by atoms with van der Waals surface area (Å²) in [6.45, 7) is 5.73. The smallest absolute Gasteiger partial charge is 0.283 e.